The van der Waals surface area contributed by atoms with Gasteiger partial charge in [0, 0.05) is 19.5 Å². The molecule has 0 saturated carbocycles. The molecular formula is C17H22N4O2. The van der Waals surface area contributed by atoms with Crippen LogP contribution in [0.2, 0.25) is 0 Å². The SMILES string of the molecule is CN(C)CCCN1CC(C(=O)Nc2ccccc2C#N)CC1=O. The summed E-state index contributed by atoms with van der Waals surface area (Å²) in [6, 6.07) is 8.92. The normalized spacial score (nSPS) is 17.4. The maximum atomic E-state index is 12.3. The Bertz CT molecular complexity index is 621. The summed E-state index contributed by atoms with van der Waals surface area (Å²) in [5, 5.41) is 11.8. The molecule has 1 unspecified atom stereocenters. The first-order chi connectivity index (χ1) is 11.0. The zero-order chi connectivity index (χ0) is 16.8. The van der Waals surface area contributed by atoms with Crippen LogP contribution in [0.25, 0.3) is 0 Å². The molecule has 0 bridgehead atoms. The van der Waals surface area contributed by atoms with E-state index in [0.717, 1.165) is 13.0 Å². The summed E-state index contributed by atoms with van der Waals surface area (Å²) in [5.74, 6) is -0.526. The van der Waals surface area contributed by atoms with Crippen LogP contribution < -0.4 is 5.32 Å². The Morgan fingerprint density at radius 3 is 2.87 bits per heavy atom. The Labute approximate surface area is 136 Å². The molecule has 0 spiro atoms. The molecule has 1 heterocycles. The molecule has 23 heavy (non-hydrogen) atoms. The number of hydrogen-bond acceptors (Lipinski definition) is 4. The lowest BCUT2D eigenvalue weighted by Crippen LogP contribution is -2.30. The van der Waals surface area contributed by atoms with Gasteiger partial charge in [-0.15, -0.1) is 0 Å². The molecule has 6 heteroatoms. The molecule has 0 aliphatic carbocycles. The van der Waals surface area contributed by atoms with Gasteiger partial charge >= 0.3 is 0 Å². The third-order valence-corrected chi connectivity index (χ3v) is 3.92. The van der Waals surface area contributed by atoms with E-state index in [1.807, 2.05) is 14.1 Å². The van der Waals surface area contributed by atoms with Crippen molar-refractivity contribution >= 4 is 17.5 Å². The minimum absolute atomic E-state index is 0.0254. The predicted octanol–water partition coefficient (Wildman–Crippen LogP) is 1.30. The predicted molar refractivity (Wildman–Crippen MR) is 87.6 cm³/mol. The van der Waals surface area contributed by atoms with Gasteiger partial charge in [0.15, 0.2) is 0 Å². The Morgan fingerprint density at radius 1 is 1.43 bits per heavy atom. The van der Waals surface area contributed by atoms with Gasteiger partial charge in [-0.05, 0) is 39.2 Å². The number of para-hydroxylation sites is 1. The second kappa shape index (κ2) is 7.75. The van der Waals surface area contributed by atoms with E-state index in [1.54, 1.807) is 29.2 Å². The van der Waals surface area contributed by atoms with Crippen LogP contribution in [0.1, 0.15) is 18.4 Å². The fourth-order valence-electron chi connectivity index (χ4n) is 2.67. The molecule has 2 amide bonds. The molecule has 1 aliphatic rings. The summed E-state index contributed by atoms with van der Waals surface area (Å²) in [6.45, 7) is 2.04. The summed E-state index contributed by atoms with van der Waals surface area (Å²) in [4.78, 5) is 28.2. The minimum atomic E-state index is -0.353. The lowest BCUT2D eigenvalue weighted by atomic mass is 10.1. The third-order valence-electron chi connectivity index (χ3n) is 3.92. The molecule has 1 saturated heterocycles. The first kappa shape index (κ1) is 17.0. The summed E-state index contributed by atoms with van der Waals surface area (Å²) in [6.07, 6.45) is 1.13. The topological polar surface area (TPSA) is 76.4 Å². The monoisotopic (exact) mass is 314 g/mol. The standard InChI is InChI=1S/C17H22N4O2/c1-20(2)8-5-9-21-12-14(10-16(21)22)17(23)19-15-7-4-3-6-13(15)11-18/h3-4,6-7,14H,5,8-10,12H2,1-2H3,(H,19,23). The Morgan fingerprint density at radius 2 is 2.17 bits per heavy atom. The molecule has 6 nitrogen and oxygen atoms in total. The number of rotatable bonds is 6. The number of anilines is 1. The van der Waals surface area contributed by atoms with Crippen LogP contribution in [-0.4, -0.2) is 55.3 Å². The highest BCUT2D eigenvalue weighted by Gasteiger charge is 2.34. The van der Waals surface area contributed by atoms with E-state index in [9.17, 15) is 9.59 Å². The van der Waals surface area contributed by atoms with Crippen molar-refractivity contribution in [2.45, 2.75) is 12.8 Å². The van der Waals surface area contributed by atoms with Crippen LogP contribution in [0.5, 0.6) is 0 Å². The van der Waals surface area contributed by atoms with Gasteiger partial charge in [-0.3, -0.25) is 9.59 Å². The average molecular weight is 314 g/mol. The van der Waals surface area contributed by atoms with E-state index in [0.29, 0.717) is 24.3 Å². The Hall–Kier alpha value is -2.39. The minimum Gasteiger partial charge on any atom is -0.342 e. The number of nitriles is 1. The molecule has 1 N–H and O–H groups in total. The first-order valence-corrected chi connectivity index (χ1v) is 7.73. The number of likely N-dealkylation sites (tertiary alicyclic amines) is 1. The van der Waals surface area contributed by atoms with Crippen LogP contribution in [0.15, 0.2) is 24.3 Å². The van der Waals surface area contributed by atoms with E-state index in [2.05, 4.69) is 16.3 Å². The highest BCUT2D eigenvalue weighted by molar-refractivity contribution is 5.98. The van der Waals surface area contributed by atoms with Crippen molar-refractivity contribution in [3.63, 3.8) is 0 Å². The van der Waals surface area contributed by atoms with Crippen LogP contribution in [0.4, 0.5) is 5.69 Å². The van der Waals surface area contributed by atoms with Crippen molar-refractivity contribution in [3.8, 4) is 6.07 Å². The second-order valence-corrected chi connectivity index (χ2v) is 6.04. The van der Waals surface area contributed by atoms with E-state index in [4.69, 9.17) is 5.26 Å². The largest absolute Gasteiger partial charge is 0.342 e. The van der Waals surface area contributed by atoms with Gasteiger partial charge in [0.2, 0.25) is 11.8 Å². The van der Waals surface area contributed by atoms with Gasteiger partial charge in [-0.1, -0.05) is 12.1 Å². The molecule has 1 aromatic carbocycles. The van der Waals surface area contributed by atoms with E-state index in [-0.39, 0.29) is 24.2 Å². The van der Waals surface area contributed by atoms with Crippen LogP contribution in [-0.2, 0) is 9.59 Å². The van der Waals surface area contributed by atoms with Gasteiger partial charge in [0.25, 0.3) is 0 Å². The molecule has 0 aromatic heterocycles. The molecular weight excluding hydrogens is 292 g/mol. The summed E-state index contributed by atoms with van der Waals surface area (Å²) >= 11 is 0. The highest BCUT2D eigenvalue weighted by Crippen LogP contribution is 2.21. The molecule has 0 radical (unpaired) electrons. The van der Waals surface area contributed by atoms with Gasteiger partial charge in [-0.2, -0.15) is 5.26 Å². The number of amides is 2. The number of benzene rings is 1. The zero-order valence-corrected chi connectivity index (χ0v) is 13.6. The zero-order valence-electron chi connectivity index (χ0n) is 13.6. The number of carbonyl (C=O) groups is 2. The average Bonchev–Trinajstić information content (AvgIpc) is 2.89. The number of hydrogen-bond donors (Lipinski definition) is 1. The Balaban J connectivity index is 1.91. The molecule has 122 valence electrons. The van der Waals surface area contributed by atoms with Crippen LogP contribution >= 0.6 is 0 Å². The van der Waals surface area contributed by atoms with E-state index in [1.165, 1.54) is 0 Å². The molecule has 1 fully saturated rings. The maximum Gasteiger partial charge on any atom is 0.229 e. The maximum absolute atomic E-state index is 12.3. The first-order valence-electron chi connectivity index (χ1n) is 7.73. The second-order valence-electron chi connectivity index (χ2n) is 6.04. The quantitative estimate of drug-likeness (QED) is 0.858. The van der Waals surface area contributed by atoms with Crippen LogP contribution in [0, 0.1) is 17.2 Å². The van der Waals surface area contributed by atoms with Gasteiger partial charge in [0.1, 0.15) is 6.07 Å². The summed E-state index contributed by atoms with van der Waals surface area (Å²) in [7, 11) is 3.99. The number of nitrogens with one attached hydrogen (secondary N) is 1. The van der Waals surface area contributed by atoms with Crippen molar-refractivity contribution in [2.24, 2.45) is 5.92 Å². The van der Waals surface area contributed by atoms with Gasteiger partial charge < -0.3 is 15.1 Å². The van der Waals surface area contributed by atoms with Crippen molar-refractivity contribution in [2.75, 3.05) is 39.0 Å². The third kappa shape index (κ3) is 4.54. The summed E-state index contributed by atoms with van der Waals surface area (Å²) in [5.41, 5.74) is 0.923. The van der Waals surface area contributed by atoms with E-state index >= 15 is 0 Å². The van der Waals surface area contributed by atoms with Gasteiger partial charge in [-0.25, -0.2) is 0 Å². The smallest absolute Gasteiger partial charge is 0.229 e. The molecule has 1 atom stereocenters. The van der Waals surface area contributed by atoms with Crippen molar-refractivity contribution in [3.05, 3.63) is 29.8 Å². The van der Waals surface area contributed by atoms with Crippen molar-refractivity contribution in [1.82, 2.24) is 9.80 Å². The van der Waals surface area contributed by atoms with Gasteiger partial charge in [0.05, 0.1) is 17.2 Å². The fraction of sp³-hybridized carbons (Fsp3) is 0.471. The van der Waals surface area contributed by atoms with E-state index < -0.39 is 0 Å². The number of nitrogens with zero attached hydrogens (tertiary/aromatic N) is 3. The lowest BCUT2D eigenvalue weighted by molar-refractivity contribution is -0.128. The number of carbonyl (C=O) groups excluding carboxylic acids is 2. The van der Waals surface area contributed by atoms with Crippen molar-refractivity contribution in [1.29, 1.82) is 5.26 Å². The Kier molecular flexibility index (Phi) is 5.72. The highest BCUT2D eigenvalue weighted by atomic mass is 16.2. The lowest BCUT2D eigenvalue weighted by Gasteiger charge is -2.18. The van der Waals surface area contributed by atoms with Crippen molar-refractivity contribution < 1.29 is 9.59 Å². The summed E-state index contributed by atoms with van der Waals surface area (Å²) < 4.78 is 0. The fourth-order valence-corrected chi connectivity index (χ4v) is 2.67. The molecule has 1 aliphatic heterocycles. The van der Waals surface area contributed by atoms with Crippen LogP contribution in [0.3, 0.4) is 0 Å². The molecule has 1 aromatic rings. The molecule has 2 rings (SSSR count).